The lowest BCUT2D eigenvalue weighted by molar-refractivity contribution is 0.791. The first-order valence-corrected chi connectivity index (χ1v) is 9.42. The summed E-state index contributed by atoms with van der Waals surface area (Å²) in [5.41, 5.74) is 0.837. The van der Waals surface area contributed by atoms with Crippen molar-refractivity contribution in [3.8, 4) is 0 Å². The third-order valence-electron chi connectivity index (χ3n) is 3.40. The number of aromatic nitrogens is 3. The van der Waals surface area contributed by atoms with E-state index >= 15 is 0 Å². The second kappa shape index (κ2) is 8.25. The minimum absolute atomic E-state index is 0.477. The normalized spacial score (nSPS) is 11.8. The lowest BCUT2D eigenvalue weighted by Crippen LogP contribution is -2.38. The van der Waals surface area contributed by atoms with Gasteiger partial charge in [0, 0.05) is 24.2 Å². The predicted molar refractivity (Wildman–Crippen MR) is 102 cm³/mol. The van der Waals surface area contributed by atoms with E-state index in [-0.39, 0.29) is 0 Å². The molecule has 0 radical (unpaired) electrons. The Balaban J connectivity index is 1.60. The predicted octanol–water partition coefficient (Wildman–Crippen LogP) is 2.85. The number of guanidine groups is 1. The first kappa shape index (κ1) is 16.9. The standard InChI is InChI=1S/C16H19BrN6S/c1-2-18-16(19-9-8-12-6-7-13(17)24-12)20-11-15-22-21-14-5-3-4-10-23(14)15/h3-7,10H,2,8-9,11H2,1H3,(H2,18,19,20). The molecule has 0 fully saturated rings. The molecule has 0 aliphatic carbocycles. The third kappa shape index (κ3) is 4.33. The van der Waals surface area contributed by atoms with E-state index in [1.165, 1.54) is 4.88 Å². The molecule has 24 heavy (non-hydrogen) atoms. The fourth-order valence-corrected chi connectivity index (χ4v) is 3.76. The van der Waals surface area contributed by atoms with E-state index in [4.69, 9.17) is 0 Å². The highest BCUT2D eigenvalue weighted by Crippen LogP contribution is 2.21. The van der Waals surface area contributed by atoms with Gasteiger partial charge in [-0.2, -0.15) is 0 Å². The lowest BCUT2D eigenvalue weighted by Gasteiger charge is -2.10. The molecular weight excluding hydrogens is 388 g/mol. The molecule has 2 N–H and O–H groups in total. The molecule has 0 bridgehead atoms. The van der Waals surface area contributed by atoms with E-state index in [1.807, 2.05) is 28.8 Å². The van der Waals surface area contributed by atoms with Gasteiger partial charge in [-0.25, -0.2) is 4.99 Å². The maximum atomic E-state index is 4.61. The molecule has 8 heteroatoms. The van der Waals surface area contributed by atoms with Crippen LogP contribution < -0.4 is 10.6 Å². The maximum Gasteiger partial charge on any atom is 0.191 e. The quantitative estimate of drug-likeness (QED) is 0.487. The summed E-state index contributed by atoms with van der Waals surface area (Å²) in [6.45, 7) is 4.18. The largest absolute Gasteiger partial charge is 0.357 e. The fourth-order valence-electron chi connectivity index (χ4n) is 2.28. The lowest BCUT2D eigenvalue weighted by atomic mass is 10.3. The van der Waals surface area contributed by atoms with E-state index in [0.717, 1.165) is 40.7 Å². The monoisotopic (exact) mass is 406 g/mol. The summed E-state index contributed by atoms with van der Waals surface area (Å²) in [5, 5.41) is 15.0. The smallest absolute Gasteiger partial charge is 0.191 e. The second-order valence-corrected chi connectivity index (χ2v) is 7.67. The van der Waals surface area contributed by atoms with Gasteiger partial charge >= 0.3 is 0 Å². The van der Waals surface area contributed by atoms with Crippen molar-refractivity contribution in [1.29, 1.82) is 0 Å². The highest BCUT2D eigenvalue weighted by atomic mass is 79.9. The Hall–Kier alpha value is -1.93. The Kier molecular flexibility index (Phi) is 5.81. The van der Waals surface area contributed by atoms with Gasteiger partial charge in [-0.15, -0.1) is 21.5 Å². The van der Waals surface area contributed by atoms with Crippen LogP contribution >= 0.6 is 27.3 Å². The summed E-state index contributed by atoms with van der Waals surface area (Å²) in [4.78, 5) is 5.95. The average Bonchev–Trinajstić information content (AvgIpc) is 3.19. The van der Waals surface area contributed by atoms with Gasteiger partial charge in [-0.05, 0) is 53.5 Å². The van der Waals surface area contributed by atoms with Crippen molar-refractivity contribution < 1.29 is 0 Å². The minimum atomic E-state index is 0.477. The van der Waals surface area contributed by atoms with Gasteiger partial charge in [0.25, 0.3) is 0 Å². The average molecular weight is 407 g/mol. The molecule has 3 aromatic rings. The van der Waals surface area contributed by atoms with Crippen molar-refractivity contribution in [2.45, 2.75) is 19.9 Å². The number of nitrogens with zero attached hydrogens (tertiary/aromatic N) is 4. The van der Waals surface area contributed by atoms with Crippen LogP contribution in [-0.4, -0.2) is 33.6 Å². The first-order valence-electron chi connectivity index (χ1n) is 7.81. The van der Waals surface area contributed by atoms with Gasteiger partial charge in [-0.1, -0.05) is 6.07 Å². The molecule has 0 aliphatic heterocycles. The summed E-state index contributed by atoms with van der Waals surface area (Å²) in [6.07, 6.45) is 2.92. The van der Waals surface area contributed by atoms with Crippen LogP contribution in [0.5, 0.6) is 0 Å². The Bertz CT molecular complexity index is 825. The van der Waals surface area contributed by atoms with Gasteiger partial charge < -0.3 is 10.6 Å². The molecule has 0 spiro atoms. The van der Waals surface area contributed by atoms with E-state index in [1.54, 1.807) is 11.3 Å². The van der Waals surface area contributed by atoms with Crippen LogP contribution in [0.25, 0.3) is 5.65 Å². The number of fused-ring (bicyclic) bond motifs is 1. The summed E-state index contributed by atoms with van der Waals surface area (Å²) >= 11 is 5.25. The molecule has 0 aliphatic rings. The number of hydrogen-bond acceptors (Lipinski definition) is 4. The molecule has 6 nitrogen and oxygen atoms in total. The summed E-state index contributed by atoms with van der Waals surface area (Å²) in [5.74, 6) is 1.62. The van der Waals surface area contributed by atoms with Gasteiger partial charge in [0.15, 0.2) is 17.4 Å². The molecule has 0 aromatic carbocycles. The molecule has 0 atom stereocenters. The number of rotatable bonds is 6. The van der Waals surface area contributed by atoms with Gasteiger partial charge in [0.2, 0.25) is 0 Å². The van der Waals surface area contributed by atoms with E-state index in [9.17, 15) is 0 Å². The van der Waals surface area contributed by atoms with Crippen LogP contribution in [0, 0.1) is 0 Å². The van der Waals surface area contributed by atoms with Crippen molar-refractivity contribution in [2.24, 2.45) is 4.99 Å². The number of nitrogens with one attached hydrogen (secondary N) is 2. The Morgan fingerprint density at radius 3 is 2.96 bits per heavy atom. The van der Waals surface area contributed by atoms with Crippen LogP contribution in [-0.2, 0) is 13.0 Å². The number of pyridine rings is 1. The molecule has 0 amide bonds. The summed E-state index contributed by atoms with van der Waals surface area (Å²) in [6, 6.07) is 10.1. The molecule has 3 aromatic heterocycles. The zero-order chi connectivity index (χ0) is 16.8. The molecule has 0 saturated heterocycles. The van der Waals surface area contributed by atoms with E-state index in [2.05, 4.69) is 60.8 Å². The van der Waals surface area contributed by atoms with Gasteiger partial charge in [-0.3, -0.25) is 4.40 Å². The molecule has 126 valence electrons. The summed E-state index contributed by atoms with van der Waals surface area (Å²) in [7, 11) is 0. The second-order valence-electron chi connectivity index (χ2n) is 5.12. The Labute approximate surface area is 153 Å². The molecule has 3 heterocycles. The number of halogens is 1. The summed E-state index contributed by atoms with van der Waals surface area (Å²) < 4.78 is 3.12. The van der Waals surface area contributed by atoms with Gasteiger partial charge in [0.1, 0.15) is 6.54 Å². The first-order chi connectivity index (χ1) is 11.8. The maximum absolute atomic E-state index is 4.61. The van der Waals surface area contributed by atoms with Crippen molar-refractivity contribution in [3.63, 3.8) is 0 Å². The van der Waals surface area contributed by atoms with Crippen molar-refractivity contribution in [1.82, 2.24) is 25.2 Å². The highest BCUT2D eigenvalue weighted by molar-refractivity contribution is 9.11. The van der Waals surface area contributed by atoms with Crippen molar-refractivity contribution in [3.05, 3.63) is 51.0 Å². The zero-order valence-electron chi connectivity index (χ0n) is 13.4. The zero-order valence-corrected chi connectivity index (χ0v) is 15.8. The number of hydrogen-bond donors (Lipinski definition) is 2. The number of aliphatic imine (C=N–C) groups is 1. The highest BCUT2D eigenvalue weighted by Gasteiger charge is 2.05. The van der Waals surface area contributed by atoms with Crippen LogP contribution in [0.1, 0.15) is 17.6 Å². The van der Waals surface area contributed by atoms with Crippen LogP contribution in [0.2, 0.25) is 0 Å². The van der Waals surface area contributed by atoms with Crippen LogP contribution in [0.3, 0.4) is 0 Å². The Morgan fingerprint density at radius 2 is 2.17 bits per heavy atom. The topological polar surface area (TPSA) is 66.6 Å². The van der Waals surface area contributed by atoms with E-state index < -0.39 is 0 Å². The molecular formula is C16H19BrN6S. The minimum Gasteiger partial charge on any atom is -0.357 e. The Morgan fingerprint density at radius 1 is 1.25 bits per heavy atom. The number of thiophene rings is 1. The van der Waals surface area contributed by atoms with Crippen molar-refractivity contribution in [2.75, 3.05) is 13.1 Å². The van der Waals surface area contributed by atoms with Crippen LogP contribution in [0.4, 0.5) is 0 Å². The SMILES string of the molecule is CCNC(=NCc1nnc2ccccn12)NCCc1ccc(Br)s1. The van der Waals surface area contributed by atoms with Crippen molar-refractivity contribution >= 4 is 38.9 Å². The van der Waals surface area contributed by atoms with E-state index in [0.29, 0.717) is 6.54 Å². The molecule has 0 saturated carbocycles. The molecule has 3 rings (SSSR count). The van der Waals surface area contributed by atoms with Gasteiger partial charge in [0.05, 0.1) is 3.79 Å². The molecule has 0 unspecified atom stereocenters. The fraction of sp³-hybridized carbons (Fsp3) is 0.312. The van der Waals surface area contributed by atoms with Crippen LogP contribution in [0.15, 0.2) is 45.3 Å². The third-order valence-corrected chi connectivity index (χ3v) is 5.08.